The van der Waals surface area contributed by atoms with Crippen LogP contribution >= 0.6 is 7.82 Å². The van der Waals surface area contributed by atoms with Gasteiger partial charge in [0.25, 0.3) is 0 Å². The van der Waals surface area contributed by atoms with Crippen molar-refractivity contribution in [2.45, 2.75) is 264 Å². The lowest BCUT2D eigenvalue weighted by Crippen LogP contribution is -2.30. The number of phosphoric acid groups is 1. The third-order valence-electron chi connectivity index (χ3n) is 12.9. The number of rotatable bonds is 57. The quantitative estimate of drug-likeness (QED) is 0.0197. The van der Waals surface area contributed by atoms with Gasteiger partial charge in [-0.05, 0) is 116 Å². The number of unbranched alkanes of at least 4 members (excludes halogenated alkanes) is 20. The van der Waals surface area contributed by atoms with E-state index >= 15 is 0 Å². The van der Waals surface area contributed by atoms with Gasteiger partial charge < -0.3 is 24.2 Å². The average molecular weight is 1140 g/mol. The van der Waals surface area contributed by atoms with E-state index < -0.39 is 57.8 Å². The number of hydrogen-bond donors (Lipinski definition) is 2. The summed E-state index contributed by atoms with van der Waals surface area (Å²) in [4.78, 5) is 48.7. The standard InChI is InChI=1S/C68H113O11P/c1-4-7-10-13-16-19-22-25-28-31-32-35-38-41-44-47-50-53-56-59-68(72)79-65(61-75-66(70)57-54-51-48-45-42-39-36-33-29-26-23-20-17-14-11-8-5-2)63-77-80(73,74)76-62-64(60-69)78-67(71)58-55-52-49-46-43-40-37-34-30-27-24-21-18-15-12-9-6-3/h7-8,10-11,16-17,19-20,25-30,32,35,41,44,50,53,64-65,69H,4-6,9,12-15,18,21-24,31,33-34,36-40,42-43,45-49,51-52,54-63H2,1-3H3,(H,73,74)/b10-7-,11-8-,19-16-,20-17-,28-25-,29-26-,30-27-,35-32-,44-41-,53-50-. The molecular weight excluding hydrogens is 1020 g/mol. The van der Waals surface area contributed by atoms with Crippen molar-refractivity contribution in [3.63, 3.8) is 0 Å². The molecule has 0 aliphatic rings. The largest absolute Gasteiger partial charge is 0.472 e. The van der Waals surface area contributed by atoms with Gasteiger partial charge in [0.1, 0.15) is 12.7 Å². The highest BCUT2D eigenvalue weighted by Gasteiger charge is 2.28. The van der Waals surface area contributed by atoms with Crippen molar-refractivity contribution >= 4 is 25.7 Å². The van der Waals surface area contributed by atoms with Gasteiger partial charge in [0.05, 0.1) is 19.8 Å². The van der Waals surface area contributed by atoms with Crippen LogP contribution in [-0.4, -0.2) is 66.5 Å². The molecule has 0 heterocycles. The Morgan fingerprint density at radius 2 is 0.675 bits per heavy atom. The molecule has 3 atom stereocenters. The van der Waals surface area contributed by atoms with Gasteiger partial charge in [-0.1, -0.05) is 239 Å². The number of aliphatic hydroxyl groups is 1. The third-order valence-corrected chi connectivity index (χ3v) is 13.8. The molecule has 2 N–H and O–H groups in total. The monoisotopic (exact) mass is 1140 g/mol. The zero-order valence-corrected chi connectivity index (χ0v) is 51.4. The maximum Gasteiger partial charge on any atom is 0.472 e. The Kier molecular flexibility index (Phi) is 57.8. The van der Waals surface area contributed by atoms with E-state index in [1.54, 1.807) is 0 Å². The smallest absolute Gasteiger partial charge is 0.462 e. The van der Waals surface area contributed by atoms with E-state index in [0.29, 0.717) is 25.7 Å². The highest BCUT2D eigenvalue weighted by atomic mass is 31.2. The van der Waals surface area contributed by atoms with Crippen LogP contribution in [0.15, 0.2) is 122 Å². The van der Waals surface area contributed by atoms with Crippen LogP contribution in [0.25, 0.3) is 0 Å². The van der Waals surface area contributed by atoms with Gasteiger partial charge in [0.2, 0.25) is 0 Å². The van der Waals surface area contributed by atoms with E-state index in [4.69, 9.17) is 23.3 Å². The summed E-state index contributed by atoms with van der Waals surface area (Å²) in [5, 5.41) is 9.85. The number of esters is 3. The molecule has 12 heteroatoms. The number of ether oxygens (including phenoxy) is 3. The lowest BCUT2D eigenvalue weighted by Gasteiger charge is -2.21. The van der Waals surface area contributed by atoms with Gasteiger partial charge in [0.15, 0.2) is 6.10 Å². The summed E-state index contributed by atoms with van der Waals surface area (Å²) in [6.45, 7) is 4.33. The first-order valence-electron chi connectivity index (χ1n) is 31.4. The Morgan fingerprint density at radius 3 is 1.09 bits per heavy atom. The van der Waals surface area contributed by atoms with Gasteiger partial charge in [0, 0.05) is 19.3 Å². The van der Waals surface area contributed by atoms with Crippen LogP contribution in [0.4, 0.5) is 0 Å². The van der Waals surface area contributed by atoms with Crippen LogP contribution in [0.3, 0.4) is 0 Å². The molecule has 0 spiro atoms. The molecule has 11 nitrogen and oxygen atoms in total. The fraction of sp³-hybridized carbons (Fsp3) is 0.662. The summed E-state index contributed by atoms with van der Waals surface area (Å²) in [6.07, 6.45) is 75.9. The van der Waals surface area contributed by atoms with Gasteiger partial charge in [-0.2, -0.15) is 0 Å². The number of allylic oxidation sites excluding steroid dienone is 20. The van der Waals surface area contributed by atoms with Gasteiger partial charge in [-0.25, -0.2) is 4.57 Å². The van der Waals surface area contributed by atoms with Crippen LogP contribution in [0.5, 0.6) is 0 Å². The SMILES string of the molecule is CC/C=C\C/C=C\C/C=C\C/C=C\C/C=C\C/C=C\CCC(=O)OC(COC(=O)CCCCCCCCC/C=C\C/C=C\C/C=C\CC)COP(=O)(O)OCC(CO)OC(=O)CCCCCCCCC/C=C\CCCCCCCC. The molecule has 3 unspecified atom stereocenters. The Hall–Kier alpha value is -4.12. The normalized spacial score (nSPS) is 14.1. The fourth-order valence-electron chi connectivity index (χ4n) is 8.16. The predicted octanol–water partition coefficient (Wildman–Crippen LogP) is 19.1. The first-order chi connectivity index (χ1) is 39.2. The molecule has 0 bridgehead atoms. The van der Waals surface area contributed by atoms with Gasteiger partial charge in [-0.15, -0.1) is 0 Å². The number of carbonyl (C=O) groups excluding carboxylic acids is 3. The molecule has 0 radical (unpaired) electrons. The molecule has 0 amide bonds. The van der Waals surface area contributed by atoms with Crippen molar-refractivity contribution in [3.8, 4) is 0 Å². The molecule has 0 saturated heterocycles. The van der Waals surface area contributed by atoms with Crippen LogP contribution in [0.2, 0.25) is 0 Å². The number of carbonyl (C=O) groups is 3. The molecule has 0 saturated carbocycles. The number of aliphatic hydroxyl groups excluding tert-OH is 1. The van der Waals surface area contributed by atoms with E-state index in [9.17, 15) is 28.9 Å². The van der Waals surface area contributed by atoms with Crippen molar-refractivity contribution in [3.05, 3.63) is 122 Å². The van der Waals surface area contributed by atoms with E-state index in [2.05, 4.69) is 130 Å². The van der Waals surface area contributed by atoms with E-state index in [-0.39, 0.29) is 25.9 Å². The van der Waals surface area contributed by atoms with Crippen LogP contribution in [-0.2, 0) is 42.2 Å². The highest BCUT2D eigenvalue weighted by molar-refractivity contribution is 7.47. The molecule has 0 aromatic heterocycles. The highest BCUT2D eigenvalue weighted by Crippen LogP contribution is 2.43. The molecule has 456 valence electrons. The minimum absolute atomic E-state index is 0.0344. The summed E-state index contributed by atoms with van der Waals surface area (Å²) < 4.78 is 39.6. The molecule has 80 heavy (non-hydrogen) atoms. The van der Waals surface area contributed by atoms with Gasteiger partial charge in [-0.3, -0.25) is 23.4 Å². The van der Waals surface area contributed by atoms with Gasteiger partial charge >= 0.3 is 25.7 Å². The lowest BCUT2D eigenvalue weighted by atomic mass is 10.1. The summed E-state index contributed by atoms with van der Waals surface area (Å²) in [5.74, 6) is -1.59. The number of phosphoric ester groups is 1. The second-order valence-corrected chi connectivity index (χ2v) is 21.9. The van der Waals surface area contributed by atoms with Crippen LogP contribution in [0, 0.1) is 0 Å². The van der Waals surface area contributed by atoms with Crippen molar-refractivity contribution in [1.29, 1.82) is 0 Å². The summed E-state index contributed by atoms with van der Waals surface area (Å²) in [7, 11) is -4.78. The maximum absolute atomic E-state index is 12.9. The molecule has 0 aromatic rings. The van der Waals surface area contributed by atoms with Crippen molar-refractivity contribution in [2.75, 3.05) is 26.4 Å². The van der Waals surface area contributed by atoms with Crippen molar-refractivity contribution in [2.24, 2.45) is 0 Å². The predicted molar refractivity (Wildman–Crippen MR) is 334 cm³/mol. The zero-order valence-electron chi connectivity index (χ0n) is 50.5. The second kappa shape index (κ2) is 61.0. The first-order valence-corrected chi connectivity index (χ1v) is 32.9. The van der Waals surface area contributed by atoms with Crippen molar-refractivity contribution < 1.29 is 52.2 Å². The van der Waals surface area contributed by atoms with E-state index in [1.807, 2.05) is 12.2 Å². The Morgan fingerprint density at radius 1 is 0.362 bits per heavy atom. The molecule has 0 aromatic carbocycles. The zero-order chi connectivity index (χ0) is 58.3. The summed E-state index contributed by atoms with van der Waals surface area (Å²) >= 11 is 0. The van der Waals surface area contributed by atoms with Crippen LogP contribution < -0.4 is 0 Å². The topological polar surface area (TPSA) is 155 Å². The van der Waals surface area contributed by atoms with Crippen LogP contribution in [0.1, 0.15) is 252 Å². The van der Waals surface area contributed by atoms with E-state index in [1.165, 1.54) is 77.0 Å². The Labute approximate surface area is 487 Å². The molecule has 0 fully saturated rings. The lowest BCUT2D eigenvalue weighted by molar-refractivity contribution is -0.161. The molecule has 0 rings (SSSR count). The van der Waals surface area contributed by atoms with E-state index in [0.717, 1.165) is 109 Å². The first kappa shape index (κ1) is 75.9. The summed E-state index contributed by atoms with van der Waals surface area (Å²) in [6, 6.07) is 0. The molecular formula is C68H113O11P. The average Bonchev–Trinajstić information content (AvgIpc) is 3.45. The molecule has 0 aliphatic heterocycles. The minimum Gasteiger partial charge on any atom is -0.462 e. The molecule has 0 aliphatic carbocycles. The third kappa shape index (κ3) is 58.5. The maximum atomic E-state index is 12.9. The fourth-order valence-corrected chi connectivity index (χ4v) is 8.94. The number of hydrogen-bond acceptors (Lipinski definition) is 10. The van der Waals surface area contributed by atoms with Crippen molar-refractivity contribution in [1.82, 2.24) is 0 Å². The minimum atomic E-state index is -4.78. The Bertz CT molecular complexity index is 1800. The Balaban J connectivity index is 4.83. The second-order valence-electron chi connectivity index (χ2n) is 20.5. The summed E-state index contributed by atoms with van der Waals surface area (Å²) in [5.41, 5.74) is 0.